The van der Waals surface area contributed by atoms with E-state index in [4.69, 9.17) is 5.11 Å². The second kappa shape index (κ2) is 12.3. The molecule has 0 radical (unpaired) electrons. The molecule has 0 saturated carbocycles. The highest BCUT2D eigenvalue weighted by Crippen LogP contribution is 2.27. The van der Waals surface area contributed by atoms with Crippen LogP contribution in [0.4, 0.5) is 13.2 Å². The number of benzene rings is 1. The van der Waals surface area contributed by atoms with Gasteiger partial charge in [0.25, 0.3) is 0 Å². The van der Waals surface area contributed by atoms with Gasteiger partial charge in [-0.15, -0.1) is 0 Å². The summed E-state index contributed by atoms with van der Waals surface area (Å²) in [5.41, 5.74) is -5.18. The quantitative estimate of drug-likeness (QED) is 0.222. The first-order valence-corrected chi connectivity index (χ1v) is 11.1. The molecule has 0 fully saturated rings. The molecule has 2 amide bonds. The Morgan fingerprint density at radius 2 is 1.72 bits per heavy atom. The molecule has 0 saturated heterocycles. The van der Waals surface area contributed by atoms with Crippen LogP contribution in [0.25, 0.3) is 0 Å². The fourth-order valence-electron chi connectivity index (χ4n) is 2.50. The van der Waals surface area contributed by atoms with Gasteiger partial charge in [-0.3, -0.25) is 14.4 Å². The van der Waals surface area contributed by atoms with Crippen molar-refractivity contribution >= 4 is 27.9 Å². The van der Waals surface area contributed by atoms with Crippen LogP contribution < -0.4 is 14.8 Å². The molecule has 0 spiro atoms. The van der Waals surface area contributed by atoms with Crippen molar-refractivity contribution in [3.05, 3.63) is 29.8 Å². The van der Waals surface area contributed by atoms with Crippen molar-refractivity contribution in [1.82, 2.24) is 10.6 Å². The van der Waals surface area contributed by atoms with Gasteiger partial charge in [-0.05, 0) is 24.1 Å². The lowest BCUT2D eigenvalue weighted by Crippen LogP contribution is -2.48. The number of hydrogen-bond donors (Lipinski definition) is 3. The highest BCUT2D eigenvalue weighted by molar-refractivity contribution is 7.88. The monoisotopic (exact) mass is 482 g/mol. The van der Waals surface area contributed by atoms with Gasteiger partial charge in [0.05, 0.1) is 6.42 Å². The number of amides is 2. The number of aliphatic carboxylic acids is 1. The van der Waals surface area contributed by atoms with Crippen molar-refractivity contribution in [1.29, 1.82) is 0 Å². The summed E-state index contributed by atoms with van der Waals surface area (Å²) in [7, 11) is -5.81. The number of hydrogen-bond acceptors (Lipinski definition) is 6. The van der Waals surface area contributed by atoms with Gasteiger partial charge in [0, 0.05) is 19.4 Å². The van der Waals surface area contributed by atoms with E-state index in [1.54, 1.807) is 0 Å². The SMILES string of the molecule is CCCCCNC(=O)[C@H](Cc1ccc(OS(=O)(=O)C(F)(F)F)cc1)NC(=O)CCC(=O)O. The molecular formula is C19H25F3N2O7S. The zero-order valence-corrected chi connectivity index (χ0v) is 18.1. The number of carboxylic acid groups (broad SMARTS) is 1. The minimum absolute atomic E-state index is 0.0648. The van der Waals surface area contributed by atoms with E-state index in [0.717, 1.165) is 31.4 Å². The van der Waals surface area contributed by atoms with Gasteiger partial charge in [-0.25, -0.2) is 0 Å². The van der Waals surface area contributed by atoms with Crippen LogP contribution in [0.15, 0.2) is 24.3 Å². The lowest BCUT2D eigenvalue weighted by Gasteiger charge is -2.19. The third kappa shape index (κ3) is 9.54. The highest BCUT2D eigenvalue weighted by atomic mass is 32.2. The third-order valence-electron chi connectivity index (χ3n) is 4.15. The largest absolute Gasteiger partial charge is 0.534 e. The lowest BCUT2D eigenvalue weighted by atomic mass is 10.0. The van der Waals surface area contributed by atoms with E-state index < -0.39 is 51.6 Å². The lowest BCUT2D eigenvalue weighted by molar-refractivity contribution is -0.139. The van der Waals surface area contributed by atoms with Gasteiger partial charge in [-0.2, -0.15) is 21.6 Å². The molecular weight excluding hydrogens is 457 g/mol. The molecule has 0 aliphatic carbocycles. The van der Waals surface area contributed by atoms with Gasteiger partial charge in [0.1, 0.15) is 11.8 Å². The van der Waals surface area contributed by atoms with Gasteiger partial charge < -0.3 is 19.9 Å². The Kier molecular flexibility index (Phi) is 10.4. The van der Waals surface area contributed by atoms with Crippen molar-refractivity contribution in [3.63, 3.8) is 0 Å². The summed E-state index contributed by atoms with van der Waals surface area (Å²) in [6, 6.07) is 3.41. The predicted octanol–water partition coefficient (Wildman–Crippen LogP) is 2.11. The summed E-state index contributed by atoms with van der Waals surface area (Å²) >= 11 is 0. The van der Waals surface area contributed by atoms with Crippen LogP contribution in [-0.2, 0) is 30.9 Å². The van der Waals surface area contributed by atoms with Gasteiger partial charge >= 0.3 is 21.6 Å². The Labute approximate surface area is 183 Å². The first kappa shape index (κ1) is 27.2. The molecule has 0 aliphatic heterocycles. The molecule has 0 aliphatic rings. The van der Waals surface area contributed by atoms with Crippen molar-refractivity contribution < 1.29 is 45.3 Å². The van der Waals surface area contributed by atoms with E-state index >= 15 is 0 Å². The number of alkyl halides is 3. The molecule has 32 heavy (non-hydrogen) atoms. The summed E-state index contributed by atoms with van der Waals surface area (Å²) in [4.78, 5) is 35.1. The molecule has 1 aromatic rings. The molecule has 1 atom stereocenters. The van der Waals surface area contributed by atoms with Gasteiger partial charge in [0.2, 0.25) is 11.8 Å². The van der Waals surface area contributed by atoms with E-state index in [2.05, 4.69) is 14.8 Å². The van der Waals surface area contributed by atoms with Crippen molar-refractivity contribution in [2.24, 2.45) is 0 Å². The Morgan fingerprint density at radius 3 is 2.25 bits per heavy atom. The second-order valence-corrected chi connectivity index (χ2v) is 8.38. The fourth-order valence-corrected chi connectivity index (χ4v) is 2.96. The topological polar surface area (TPSA) is 139 Å². The minimum atomic E-state index is -5.81. The number of unbranched alkanes of at least 4 members (excludes halogenated alkanes) is 2. The first-order valence-electron chi connectivity index (χ1n) is 9.74. The number of carbonyl (C=O) groups is 3. The average Bonchev–Trinajstić information content (AvgIpc) is 2.69. The average molecular weight is 482 g/mol. The van der Waals surface area contributed by atoms with E-state index in [-0.39, 0.29) is 12.8 Å². The van der Waals surface area contributed by atoms with Crippen molar-refractivity contribution in [3.8, 4) is 5.75 Å². The zero-order valence-electron chi connectivity index (χ0n) is 17.3. The zero-order chi connectivity index (χ0) is 24.4. The number of carbonyl (C=O) groups excluding carboxylic acids is 2. The molecule has 0 bridgehead atoms. The maximum atomic E-state index is 12.5. The number of rotatable bonds is 13. The van der Waals surface area contributed by atoms with E-state index in [9.17, 15) is 36.0 Å². The Balaban J connectivity index is 2.87. The van der Waals surface area contributed by atoms with Crippen molar-refractivity contribution in [2.75, 3.05) is 6.54 Å². The summed E-state index contributed by atoms with van der Waals surface area (Å²) < 4.78 is 63.4. The summed E-state index contributed by atoms with van der Waals surface area (Å²) in [5.74, 6) is -2.91. The Morgan fingerprint density at radius 1 is 1.09 bits per heavy atom. The molecule has 0 aromatic heterocycles. The highest BCUT2D eigenvalue weighted by Gasteiger charge is 2.48. The molecule has 180 valence electrons. The molecule has 13 heteroatoms. The molecule has 1 aromatic carbocycles. The predicted molar refractivity (Wildman–Crippen MR) is 107 cm³/mol. The molecule has 0 unspecified atom stereocenters. The smallest absolute Gasteiger partial charge is 0.481 e. The van der Waals surface area contributed by atoms with Gasteiger partial charge in [-0.1, -0.05) is 31.9 Å². The van der Waals surface area contributed by atoms with E-state index in [0.29, 0.717) is 12.1 Å². The van der Waals surface area contributed by atoms with Crippen LogP contribution >= 0.6 is 0 Å². The standard InChI is InChI=1S/C19H25F3N2O7S/c1-2-3-4-11-23-18(28)15(24-16(25)9-10-17(26)27)12-13-5-7-14(8-6-13)31-32(29,30)19(20,21)22/h5-8,15H,2-4,9-12H2,1H3,(H,23,28)(H,24,25)(H,26,27)/t15-/m0/s1. The van der Waals surface area contributed by atoms with E-state index in [1.807, 2.05) is 6.92 Å². The second-order valence-electron chi connectivity index (χ2n) is 6.84. The summed E-state index contributed by atoms with van der Waals surface area (Å²) in [5, 5.41) is 13.8. The minimum Gasteiger partial charge on any atom is -0.481 e. The van der Waals surface area contributed by atoms with Crippen LogP contribution in [0.1, 0.15) is 44.6 Å². The van der Waals surface area contributed by atoms with Crippen LogP contribution in [0.3, 0.4) is 0 Å². The van der Waals surface area contributed by atoms with Gasteiger partial charge in [0.15, 0.2) is 0 Å². The van der Waals surface area contributed by atoms with Crippen LogP contribution in [0, 0.1) is 0 Å². The molecule has 3 N–H and O–H groups in total. The number of carboxylic acids is 1. The maximum absolute atomic E-state index is 12.5. The van der Waals surface area contributed by atoms with Crippen LogP contribution in [-0.4, -0.2) is 49.4 Å². The fraction of sp³-hybridized carbons (Fsp3) is 0.526. The molecule has 0 heterocycles. The Hall–Kier alpha value is -2.83. The normalized spacial score (nSPS) is 12.6. The number of nitrogens with one attached hydrogen (secondary N) is 2. The van der Waals surface area contributed by atoms with Crippen molar-refractivity contribution in [2.45, 2.75) is 57.0 Å². The van der Waals surface area contributed by atoms with Crippen LogP contribution in [0.5, 0.6) is 5.75 Å². The summed E-state index contributed by atoms with van der Waals surface area (Å²) in [6.45, 7) is 2.36. The third-order valence-corrected chi connectivity index (χ3v) is 5.13. The maximum Gasteiger partial charge on any atom is 0.534 e. The first-order chi connectivity index (χ1) is 14.9. The summed E-state index contributed by atoms with van der Waals surface area (Å²) in [6.07, 6.45) is 1.72. The van der Waals surface area contributed by atoms with Crippen LogP contribution in [0.2, 0.25) is 0 Å². The molecule has 1 rings (SSSR count). The number of halogens is 3. The van der Waals surface area contributed by atoms with E-state index in [1.165, 1.54) is 12.1 Å². The molecule has 9 nitrogen and oxygen atoms in total. The Bertz CT molecular complexity index is 887.